The maximum Gasteiger partial charge on any atom is 0.255 e. The standard InChI is InChI=1S/C19H23ClN4O3/c1-23-4-6-24(7-5-23)19(25)13-8-14(12-21-11-13)22-16-10-17(26-2)15(20)9-18(16)27-3/h8-12,22H,4-7H2,1-3H3. The van der Waals surface area contributed by atoms with Crippen LogP contribution in [0.3, 0.4) is 0 Å². The lowest BCUT2D eigenvalue weighted by Gasteiger charge is -2.32. The number of aromatic nitrogens is 1. The number of hydrogen-bond acceptors (Lipinski definition) is 6. The Kier molecular flexibility index (Phi) is 6.03. The summed E-state index contributed by atoms with van der Waals surface area (Å²) in [6, 6.07) is 5.21. The second-order valence-corrected chi connectivity index (χ2v) is 6.78. The summed E-state index contributed by atoms with van der Waals surface area (Å²) >= 11 is 6.15. The molecule has 2 aromatic rings. The Morgan fingerprint density at radius 1 is 1.07 bits per heavy atom. The smallest absolute Gasteiger partial charge is 0.255 e. The van der Waals surface area contributed by atoms with Gasteiger partial charge in [0.2, 0.25) is 0 Å². The molecular weight excluding hydrogens is 368 g/mol. The molecule has 0 radical (unpaired) electrons. The molecule has 1 aromatic heterocycles. The first-order chi connectivity index (χ1) is 13.0. The largest absolute Gasteiger partial charge is 0.495 e. The van der Waals surface area contributed by atoms with E-state index >= 15 is 0 Å². The van der Waals surface area contributed by atoms with Crippen LogP contribution < -0.4 is 14.8 Å². The lowest BCUT2D eigenvalue weighted by Crippen LogP contribution is -2.47. The Morgan fingerprint density at radius 3 is 2.44 bits per heavy atom. The van der Waals surface area contributed by atoms with Crippen molar-refractivity contribution in [2.75, 3.05) is 52.8 Å². The molecule has 1 aromatic carbocycles. The van der Waals surface area contributed by atoms with Crippen LogP contribution in [-0.4, -0.2) is 68.1 Å². The highest BCUT2D eigenvalue weighted by Crippen LogP contribution is 2.37. The van der Waals surface area contributed by atoms with Crippen LogP contribution >= 0.6 is 11.6 Å². The van der Waals surface area contributed by atoms with Crippen LogP contribution in [0.1, 0.15) is 10.4 Å². The van der Waals surface area contributed by atoms with Crippen LogP contribution in [-0.2, 0) is 0 Å². The van der Waals surface area contributed by atoms with Gasteiger partial charge >= 0.3 is 0 Å². The van der Waals surface area contributed by atoms with E-state index in [9.17, 15) is 4.79 Å². The number of ether oxygens (including phenoxy) is 2. The first-order valence-corrected chi connectivity index (χ1v) is 9.01. The first-order valence-electron chi connectivity index (χ1n) is 8.63. The molecule has 0 unspecified atom stereocenters. The van der Waals surface area contributed by atoms with Crippen molar-refractivity contribution in [1.29, 1.82) is 0 Å². The lowest BCUT2D eigenvalue weighted by atomic mass is 10.2. The number of nitrogens with zero attached hydrogens (tertiary/aromatic N) is 3. The second kappa shape index (κ2) is 8.45. The fourth-order valence-corrected chi connectivity index (χ4v) is 3.16. The van der Waals surface area contributed by atoms with E-state index in [2.05, 4.69) is 22.2 Å². The third-order valence-electron chi connectivity index (χ3n) is 4.53. The summed E-state index contributed by atoms with van der Waals surface area (Å²) in [5.41, 5.74) is 1.90. The number of carbonyl (C=O) groups excluding carboxylic acids is 1. The number of carbonyl (C=O) groups is 1. The van der Waals surface area contributed by atoms with Gasteiger partial charge < -0.3 is 24.6 Å². The normalized spacial score (nSPS) is 14.7. The number of anilines is 2. The molecule has 144 valence electrons. The van der Waals surface area contributed by atoms with E-state index in [0.717, 1.165) is 26.2 Å². The molecule has 0 atom stereocenters. The van der Waals surface area contributed by atoms with Gasteiger partial charge in [0.1, 0.15) is 11.5 Å². The Labute approximate surface area is 163 Å². The molecule has 1 aliphatic heterocycles. The highest BCUT2D eigenvalue weighted by molar-refractivity contribution is 6.32. The van der Waals surface area contributed by atoms with Crippen LogP contribution in [0, 0.1) is 0 Å². The molecule has 0 spiro atoms. The van der Waals surface area contributed by atoms with E-state index in [4.69, 9.17) is 21.1 Å². The first kappa shape index (κ1) is 19.3. The molecule has 3 rings (SSSR count). The predicted molar refractivity (Wildman–Crippen MR) is 105 cm³/mol. The number of piperazine rings is 1. The van der Waals surface area contributed by atoms with Gasteiger partial charge in [-0.1, -0.05) is 11.6 Å². The Hall–Kier alpha value is -2.51. The number of rotatable bonds is 5. The van der Waals surface area contributed by atoms with Gasteiger partial charge in [-0.05, 0) is 13.1 Å². The van der Waals surface area contributed by atoms with Crippen LogP contribution in [0.2, 0.25) is 5.02 Å². The van der Waals surface area contributed by atoms with Crippen LogP contribution in [0.15, 0.2) is 30.6 Å². The second-order valence-electron chi connectivity index (χ2n) is 6.37. The van der Waals surface area contributed by atoms with E-state index in [0.29, 0.717) is 33.5 Å². The summed E-state index contributed by atoms with van der Waals surface area (Å²) in [7, 11) is 5.17. The van der Waals surface area contributed by atoms with Crippen molar-refractivity contribution >= 4 is 28.9 Å². The number of benzene rings is 1. The Bertz CT molecular complexity index is 823. The van der Waals surface area contributed by atoms with E-state index in [1.165, 1.54) is 0 Å². The molecule has 0 aliphatic carbocycles. The average molecular weight is 391 g/mol. The summed E-state index contributed by atoms with van der Waals surface area (Å²) in [6.45, 7) is 3.18. The molecule has 8 heteroatoms. The molecular formula is C19H23ClN4O3. The number of hydrogen-bond donors (Lipinski definition) is 1. The number of pyridine rings is 1. The van der Waals surface area contributed by atoms with Gasteiger partial charge in [-0.25, -0.2) is 0 Å². The highest BCUT2D eigenvalue weighted by atomic mass is 35.5. The fourth-order valence-electron chi connectivity index (χ4n) is 2.93. The fraction of sp³-hybridized carbons (Fsp3) is 0.368. The molecule has 1 aliphatic rings. The third kappa shape index (κ3) is 4.43. The quantitative estimate of drug-likeness (QED) is 0.846. The number of methoxy groups -OCH3 is 2. The van der Waals surface area contributed by atoms with Crippen molar-refractivity contribution in [2.45, 2.75) is 0 Å². The van der Waals surface area contributed by atoms with Gasteiger partial charge in [0.25, 0.3) is 5.91 Å². The summed E-state index contributed by atoms with van der Waals surface area (Å²) in [5.74, 6) is 1.08. The average Bonchev–Trinajstić information content (AvgIpc) is 2.69. The van der Waals surface area contributed by atoms with E-state index in [-0.39, 0.29) is 5.91 Å². The van der Waals surface area contributed by atoms with Crippen molar-refractivity contribution in [3.63, 3.8) is 0 Å². The van der Waals surface area contributed by atoms with Crippen molar-refractivity contribution in [2.24, 2.45) is 0 Å². The predicted octanol–water partition coefficient (Wildman–Crippen LogP) is 2.88. The Morgan fingerprint density at radius 2 is 1.78 bits per heavy atom. The van der Waals surface area contributed by atoms with Gasteiger partial charge in [-0.15, -0.1) is 0 Å². The molecule has 1 amide bonds. The van der Waals surface area contributed by atoms with Crippen LogP contribution in [0.5, 0.6) is 11.5 Å². The monoisotopic (exact) mass is 390 g/mol. The summed E-state index contributed by atoms with van der Waals surface area (Å²) in [6.07, 6.45) is 3.24. The topological polar surface area (TPSA) is 66.9 Å². The van der Waals surface area contributed by atoms with E-state index in [1.807, 2.05) is 4.90 Å². The molecule has 27 heavy (non-hydrogen) atoms. The van der Waals surface area contributed by atoms with Crippen LogP contribution in [0.25, 0.3) is 0 Å². The van der Waals surface area contributed by atoms with E-state index in [1.54, 1.807) is 44.8 Å². The minimum absolute atomic E-state index is 0.0140. The number of amides is 1. The zero-order chi connectivity index (χ0) is 19.4. The number of nitrogens with one attached hydrogen (secondary N) is 1. The third-order valence-corrected chi connectivity index (χ3v) is 4.82. The van der Waals surface area contributed by atoms with Gasteiger partial charge in [-0.3, -0.25) is 9.78 Å². The van der Waals surface area contributed by atoms with Crippen LogP contribution in [0.4, 0.5) is 11.4 Å². The maximum atomic E-state index is 12.8. The zero-order valence-corrected chi connectivity index (χ0v) is 16.4. The molecule has 1 N–H and O–H groups in total. The molecule has 2 heterocycles. The van der Waals surface area contributed by atoms with Crippen molar-refractivity contribution < 1.29 is 14.3 Å². The maximum absolute atomic E-state index is 12.8. The number of likely N-dealkylation sites (N-methyl/N-ethyl adjacent to an activating group) is 1. The van der Waals surface area contributed by atoms with Crippen molar-refractivity contribution in [3.8, 4) is 11.5 Å². The Balaban J connectivity index is 1.81. The summed E-state index contributed by atoms with van der Waals surface area (Å²) in [4.78, 5) is 21.0. The minimum atomic E-state index is -0.0140. The van der Waals surface area contributed by atoms with Gasteiger partial charge in [0.15, 0.2) is 0 Å². The minimum Gasteiger partial charge on any atom is -0.495 e. The van der Waals surface area contributed by atoms with Crippen molar-refractivity contribution in [1.82, 2.24) is 14.8 Å². The van der Waals surface area contributed by atoms with Gasteiger partial charge in [-0.2, -0.15) is 0 Å². The highest BCUT2D eigenvalue weighted by Gasteiger charge is 2.21. The molecule has 0 bridgehead atoms. The molecule has 1 fully saturated rings. The molecule has 0 saturated carbocycles. The zero-order valence-electron chi connectivity index (χ0n) is 15.7. The lowest BCUT2D eigenvalue weighted by molar-refractivity contribution is 0.0663. The van der Waals surface area contributed by atoms with Crippen molar-refractivity contribution in [3.05, 3.63) is 41.2 Å². The SMILES string of the molecule is COc1cc(Nc2cncc(C(=O)N3CCN(C)CC3)c2)c(OC)cc1Cl. The molecule has 1 saturated heterocycles. The summed E-state index contributed by atoms with van der Waals surface area (Å²) in [5, 5.41) is 3.68. The summed E-state index contributed by atoms with van der Waals surface area (Å²) < 4.78 is 10.6. The van der Waals surface area contributed by atoms with Gasteiger partial charge in [0.05, 0.1) is 42.4 Å². The van der Waals surface area contributed by atoms with Gasteiger partial charge in [0, 0.05) is 44.5 Å². The molecule has 7 nitrogen and oxygen atoms in total. The number of halogens is 1. The van der Waals surface area contributed by atoms with E-state index < -0.39 is 0 Å².